The summed E-state index contributed by atoms with van der Waals surface area (Å²) in [7, 11) is 1.78. The molecule has 1 saturated carbocycles. The van der Waals surface area contributed by atoms with E-state index in [-0.39, 0.29) is 12.6 Å². The number of hydrogen-bond donors (Lipinski definition) is 2. The Morgan fingerprint density at radius 1 is 1.27 bits per heavy atom. The van der Waals surface area contributed by atoms with Gasteiger partial charge in [0.15, 0.2) is 12.8 Å². The molecular weight excluding hydrogens is 333 g/mol. The van der Waals surface area contributed by atoms with Gasteiger partial charge in [0.2, 0.25) is 0 Å². The lowest BCUT2D eigenvalue weighted by atomic mass is 9.83. The number of aliphatic imine (C=N–C) groups is 1. The maximum absolute atomic E-state index is 13.8. The fourth-order valence-electron chi connectivity index (χ4n) is 4.03. The Kier molecular flexibility index (Phi) is 6.35. The third-order valence-corrected chi connectivity index (χ3v) is 5.71. The van der Waals surface area contributed by atoms with Gasteiger partial charge in [-0.3, -0.25) is 4.99 Å². The summed E-state index contributed by atoms with van der Waals surface area (Å²) < 4.78 is 24.6. The normalized spacial score (nSPS) is 19.0. The highest BCUT2D eigenvalue weighted by Crippen LogP contribution is 2.40. The number of ether oxygens (including phenoxy) is 2. The number of halogens is 1. The van der Waals surface area contributed by atoms with E-state index in [0.29, 0.717) is 25.0 Å². The number of rotatable bonds is 6. The van der Waals surface area contributed by atoms with Crippen LogP contribution in [-0.4, -0.2) is 32.9 Å². The van der Waals surface area contributed by atoms with Crippen LogP contribution in [0.25, 0.3) is 0 Å². The minimum absolute atomic E-state index is 0.224. The molecule has 1 heterocycles. The summed E-state index contributed by atoms with van der Waals surface area (Å²) in [6, 6.07) is 3.03. The van der Waals surface area contributed by atoms with Gasteiger partial charge in [0.05, 0.1) is 6.61 Å². The Hall–Kier alpha value is -1.82. The van der Waals surface area contributed by atoms with Crippen molar-refractivity contribution in [3.63, 3.8) is 0 Å². The standard InChI is InChI=1S/C20H30FN3O2/c1-3-20(7-4-5-8-20)13-24-19(22-2)23-9-6-15-10-17(21)11-16-12-25-14-26-18(15)16/h10-11H,3-9,12-14H2,1-2H3,(H2,22,23,24). The van der Waals surface area contributed by atoms with Crippen LogP contribution in [0.4, 0.5) is 4.39 Å². The number of nitrogens with one attached hydrogen (secondary N) is 2. The quantitative estimate of drug-likeness (QED) is 0.601. The Bertz CT molecular complexity index is 642. The molecule has 1 fully saturated rings. The maximum Gasteiger partial charge on any atom is 0.191 e. The molecule has 0 aromatic heterocycles. The zero-order valence-corrected chi connectivity index (χ0v) is 15.9. The molecule has 0 spiro atoms. The molecule has 0 atom stereocenters. The predicted octanol–water partition coefficient (Wildman–Crippen LogP) is 3.37. The summed E-state index contributed by atoms with van der Waals surface area (Å²) >= 11 is 0. The van der Waals surface area contributed by atoms with E-state index in [1.807, 2.05) is 0 Å². The Balaban J connectivity index is 1.53. The molecule has 0 saturated heterocycles. The van der Waals surface area contributed by atoms with Crippen molar-refractivity contribution in [1.29, 1.82) is 0 Å². The van der Waals surface area contributed by atoms with Crippen LogP contribution >= 0.6 is 0 Å². The van der Waals surface area contributed by atoms with Gasteiger partial charge in [-0.2, -0.15) is 0 Å². The largest absolute Gasteiger partial charge is 0.467 e. The first-order chi connectivity index (χ1) is 12.7. The third kappa shape index (κ3) is 4.47. The van der Waals surface area contributed by atoms with E-state index in [1.54, 1.807) is 13.1 Å². The summed E-state index contributed by atoms with van der Waals surface area (Å²) in [5, 5.41) is 6.82. The van der Waals surface area contributed by atoms with Crippen molar-refractivity contribution in [3.05, 3.63) is 29.1 Å². The molecule has 0 amide bonds. The highest BCUT2D eigenvalue weighted by Gasteiger charge is 2.31. The zero-order chi connectivity index (χ0) is 18.4. The second-order valence-corrected chi connectivity index (χ2v) is 7.33. The van der Waals surface area contributed by atoms with Crippen molar-refractivity contribution < 1.29 is 13.9 Å². The van der Waals surface area contributed by atoms with Crippen molar-refractivity contribution in [1.82, 2.24) is 10.6 Å². The van der Waals surface area contributed by atoms with E-state index in [2.05, 4.69) is 22.5 Å². The van der Waals surface area contributed by atoms with E-state index < -0.39 is 0 Å². The topological polar surface area (TPSA) is 54.9 Å². The van der Waals surface area contributed by atoms with Gasteiger partial charge >= 0.3 is 0 Å². The van der Waals surface area contributed by atoms with Crippen LogP contribution in [0.3, 0.4) is 0 Å². The molecule has 3 rings (SSSR count). The fraction of sp³-hybridized carbons (Fsp3) is 0.650. The molecule has 6 heteroatoms. The lowest BCUT2D eigenvalue weighted by Crippen LogP contribution is -2.43. The molecule has 0 unspecified atom stereocenters. The van der Waals surface area contributed by atoms with Crippen LogP contribution in [0.1, 0.15) is 50.2 Å². The van der Waals surface area contributed by atoms with E-state index in [0.717, 1.165) is 29.4 Å². The maximum atomic E-state index is 13.8. The molecular formula is C20H30FN3O2. The number of hydrogen-bond acceptors (Lipinski definition) is 3. The fourth-order valence-corrected chi connectivity index (χ4v) is 4.03. The van der Waals surface area contributed by atoms with Crippen molar-refractivity contribution in [2.75, 3.05) is 26.9 Å². The predicted molar refractivity (Wildman–Crippen MR) is 101 cm³/mol. The number of benzene rings is 1. The first kappa shape index (κ1) is 19.0. The Morgan fingerprint density at radius 3 is 2.81 bits per heavy atom. The van der Waals surface area contributed by atoms with Crippen LogP contribution in [-0.2, 0) is 17.8 Å². The van der Waals surface area contributed by atoms with Gasteiger partial charge in [0.25, 0.3) is 0 Å². The molecule has 26 heavy (non-hydrogen) atoms. The molecule has 1 aromatic rings. The average molecular weight is 363 g/mol. The highest BCUT2D eigenvalue weighted by molar-refractivity contribution is 5.79. The lowest BCUT2D eigenvalue weighted by molar-refractivity contribution is -0.0172. The molecule has 1 aliphatic carbocycles. The number of guanidine groups is 1. The smallest absolute Gasteiger partial charge is 0.191 e. The van der Waals surface area contributed by atoms with Crippen molar-refractivity contribution in [3.8, 4) is 5.75 Å². The molecule has 1 aliphatic heterocycles. The molecule has 0 radical (unpaired) electrons. The zero-order valence-electron chi connectivity index (χ0n) is 15.9. The highest BCUT2D eigenvalue weighted by atomic mass is 19.1. The Morgan fingerprint density at radius 2 is 2.08 bits per heavy atom. The SMILES string of the molecule is CCC1(CNC(=NC)NCCc2cc(F)cc3c2OCOC3)CCCC1. The lowest BCUT2D eigenvalue weighted by Gasteiger charge is -2.28. The second kappa shape index (κ2) is 8.71. The van der Waals surface area contributed by atoms with Gasteiger partial charge < -0.3 is 20.1 Å². The first-order valence-corrected chi connectivity index (χ1v) is 9.62. The van der Waals surface area contributed by atoms with Gasteiger partial charge in [-0.1, -0.05) is 19.8 Å². The van der Waals surface area contributed by atoms with Crippen LogP contribution in [0.5, 0.6) is 5.75 Å². The van der Waals surface area contributed by atoms with Crippen molar-refractivity contribution >= 4 is 5.96 Å². The average Bonchev–Trinajstić information content (AvgIpc) is 3.13. The molecule has 5 nitrogen and oxygen atoms in total. The van der Waals surface area contributed by atoms with Crippen LogP contribution in [0.2, 0.25) is 0 Å². The van der Waals surface area contributed by atoms with Crippen molar-refractivity contribution in [2.24, 2.45) is 10.4 Å². The van der Waals surface area contributed by atoms with E-state index in [9.17, 15) is 4.39 Å². The number of nitrogens with zero attached hydrogens (tertiary/aromatic N) is 1. The molecule has 1 aromatic carbocycles. The van der Waals surface area contributed by atoms with E-state index in [4.69, 9.17) is 9.47 Å². The third-order valence-electron chi connectivity index (χ3n) is 5.71. The number of fused-ring (bicyclic) bond motifs is 1. The second-order valence-electron chi connectivity index (χ2n) is 7.33. The van der Waals surface area contributed by atoms with E-state index in [1.165, 1.54) is 38.2 Å². The summed E-state index contributed by atoms with van der Waals surface area (Å²) in [5.41, 5.74) is 2.06. The molecule has 2 aliphatic rings. The van der Waals surface area contributed by atoms with Gasteiger partial charge in [-0.05, 0) is 48.8 Å². The minimum atomic E-state index is -0.249. The van der Waals surface area contributed by atoms with E-state index >= 15 is 0 Å². The summed E-state index contributed by atoms with van der Waals surface area (Å²) in [6.45, 7) is 4.52. The van der Waals surface area contributed by atoms with Gasteiger partial charge in [-0.15, -0.1) is 0 Å². The monoisotopic (exact) mass is 363 g/mol. The minimum Gasteiger partial charge on any atom is -0.467 e. The van der Waals surface area contributed by atoms with Crippen molar-refractivity contribution in [2.45, 2.75) is 52.1 Å². The van der Waals surface area contributed by atoms with Crippen LogP contribution < -0.4 is 15.4 Å². The molecule has 0 bridgehead atoms. The van der Waals surface area contributed by atoms with Crippen LogP contribution in [0.15, 0.2) is 17.1 Å². The van der Waals surface area contributed by atoms with Gasteiger partial charge in [0.1, 0.15) is 11.6 Å². The molecule has 2 N–H and O–H groups in total. The summed E-state index contributed by atoms with van der Waals surface area (Å²) in [6.07, 6.45) is 7.11. The Labute approximate surface area is 155 Å². The summed E-state index contributed by atoms with van der Waals surface area (Å²) in [5.74, 6) is 1.32. The van der Waals surface area contributed by atoms with Crippen LogP contribution in [0, 0.1) is 11.2 Å². The van der Waals surface area contributed by atoms with Gasteiger partial charge in [0, 0.05) is 25.7 Å². The summed E-state index contributed by atoms with van der Waals surface area (Å²) in [4.78, 5) is 4.32. The molecule has 144 valence electrons. The van der Waals surface area contributed by atoms with Gasteiger partial charge in [-0.25, -0.2) is 4.39 Å². The first-order valence-electron chi connectivity index (χ1n) is 9.62.